The van der Waals surface area contributed by atoms with Crippen molar-refractivity contribution in [3.8, 4) is 0 Å². The standard InChI is InChI=1S/C6H7NO4/c8-3-1-4-5(9)11-6(10)7(4)2-3/h3-4,8H,1-2H2/t3-,4+/m1/s1. The summed E-state index contributed by atoms with van der Waals surface area (Å²) < 4.78 is 4.31. The van der Waals surface area contributed by atoms with Crippen molar-refractivity contribution >= 4 is 12.1 Å². The van der Waals surface area contributed by atoms with Crippen LogP contribution in [0.25, 0.3) is 0 Å². The SMILES string of the molecule is O=C1OC(=O)N2C[C@H](O)C[C@@H]12. The highest BCUT2D eigenvalue weighted by Gasteiger charge is 2.47. The summed E-state index contributed by atoms with van der Waals surface area (Å²) in [5.74, 6) is -0.536. The molecule has 0 bridgehead atoms. The van der Waals surface area contributed by atoms with E-state index in [0.29, 0.717) is 6.42 Å². The molecular weight excluding hydrogens is 150 g/mol. The molecule has 0 aromatic heterocycles. The Hall–Kier alpha value is -1.10. The van der Waals surface area contributed by atoms with Gasteiger partial charge < -0.3 is 9.84 Å². The van der Waals surface area contributed by atoms with Gasteiger partial charge in [-0.05, 0) is 0 Å². The maximum Gasteiger partial charge on any atom is 0.418 e. The number of aliphatic hydroxyl groups is 1. The Kier molecular flexibility index (Phi) is 1.17. The highest BCUT2D eigenvalue weighted by Crippen LogP contribution is 2.24. The monoisotopic (exact) mass is 157 g/mol. The van der Waals surface area contributed by atoms with E-state index < -0.39 is 24.2 Å². The average Bonchev–Trinajstić information content (AvgIpc) is 2.38. The van der Waals surface area contributed by atoms with Crippen molar-refractivity contribution < 1.29 is 19.4 Å². The summed E-state index contributed by atoms with van der Waals surface area (Å²) in [6.07, 6.45) is -0.891. The molecule has 0 radical (unpaired) electrons. The molecule has 2 aliphatic rings. The van der Waals surface area contributed by atoms with Crippen molar-refractivity contribution in [2.24, 2.45) is 0 Å². The number of carbonyl (C=O) groups is 2. The number of amides is 1. The first-order valence-electron chi connectivity index (χ1n) is 3.39. The van der Waals surface area contributed by atoms with Gasteiger partial charge in [-0.15, -0.1) is 0 Å². The van der Waals surface area contributed by atoms with Crippen LogP contribution < -0.4 is 0 Å². The van der Waals surface area contributed by atoms with E-state index in [1.165, 1.54) is 4.90 Å². The molecule has 0 aromatic rings. The smallest absolute Gasteiger partial charge is 0.391 e. The summed E-state index contributed by atoms with van der Waals surface area (Å²) in [6.45, 7) is 0.218. The molecular formula is C6H7NO4. The second-order valence-electron chi connectivity index (χ2n) is 2.74. The first-order valence-corrected chi connectivity index (χ1v) is 3.39. The lowest BCUT2D eigenvalue weighted by molar-refractivity contribution is -0.135. The summed E-state index contributed by atoms with van der Waals surface area (Å²) >= 11 is 0. The van der Waals surface area contributed by atoms with Crippen LogP contribution >= 0.6 is 0 Å². The predicted molar refractivity (Wildman–Crippen MR) is 32.6 cm³/mol. The summed E-state index contributed by atoms with van der Waals surface area (Å²) in [7, 11) is 0. The molecule has 0 aromatic carbocycles. The summed E-state index contributed by atoms with van der Waals surface area (Å²) in [4.78, 5) is 22.9. The Morgan fingerprint density at radius 3 is 2.91 bits per heavy atom. The van der Waals surface area contributed by atoms with E-state index in [1.54, 1.807) is 0 Å². The normalized spacial score (nSPS) is 35.9. The molecule has 11 heavy (non-hydrogen) atoms. The van der Waals surface area contributed by atoms with E-state index in [-0.39, 0.29) is 6.54 Å². The Morgan fingerprint density at radius 1 is 1.55 bits per heavy atom. The van der Waals surface area contributed by atoms with E-state index in [2.05, 4.69) is 4.74 Å². The Morgan fingerprint density at radius 2 is 2.27 bits per heavy atom. The molecule has 2 atom stereocenters. The minimum absolute atomic E-state index is 0.218. The van der Waals surface area contributed by atoms with E-state index >= 15 is 0 Å². The van der Waals surface area contributed by atoms with Gasteiger partial charge in [0.25, 0.3) is 0 Å². The zero-order valence-corrected chi connectivity index (χ0v) is 5.69. The number of fused-ring (bicyclic) bond motifs is 1. The number of hydrogen-bond acceptors (Lipinski definition) is 4. The third-order valence-electron chi connectivity index (χ3n) is 1.97. The molecule has 5 heteroatoms. The molecule has 0 unspecified atom stereocenters. The fraction of sp³-hybridized carbons (Fsp3) is 0.667. The van der Waals surface area contributed by atoms with Crippen molar-refractivity contribution in [3.05, 3.63) is 0 Å². The molecule has 60 valence electrons. The van der Waals surface area contributed by atoms with Gasteiger partial charge in [0.2, 0.25) is 0 Å². The zero-order valence-electron chi connectivity index (χ0n) is 5.69. The molecule has 0 saturated carbocycles. The van der Waals surface area contributed by atoms with Crippen molar-refractivity contribution in [2.75, 3.05) is 6.54 Å². The number of rotatable bonds is 0. The van der Waals surface area contributed by atoms with Gasteiger partial charge in [-0.1, -0.05) is 0 Å². The number of hydrogen-bond donors (Lipinski definition) is 1. The summed E-state index contributed by atoms with van der Waals surface area (Å²) in [5.41, 5.74) is 0. The quantitative estimate of drug-likeness (QED) is 0.365. The molecule has 2 saturated heterocycles. The third kappa shape index (κ3) is 0.808. The highest BCUT2D eigenvalue weighted by atomic mass is 16.6. The van der Waals surface area contributed by atoms with Gasteiger partial charge in [-0.3, -0.25) is 4.90 Å². The van der Waals surface area contributed by atoms with Crippen LogP contribution in [0.1, 0.15) is 6.42 Å². The minimum Gasteiger partial charge on any atom is -0.391 e. The number of carbonyl (C=O) groups excluding carboxylic acids is 2. The van der Waals surface area contributed by atoms with Crippen LogP contribution in [0.3, 0.4) is 0 Å². The van der Waals surface area contributed by atoms with Crippen LogP contribution in [0, 0.1) is 0 Å². The van der Waals surface area contributed by atoms with Crippen LogP contribution in [0.5, 0.6) is 0 Å². The third-order valence-corrected chi connectivity index (χ3v) is 1.97. The maximum absolute atomic E-state index is 10.8. The number of cyclic esters (lactones) is 2. The average molecular weight is 157 g/mol. The van der Waals surface area contributed by atoms with Crippen molar-refractivity contribution in [1.29, 1.82) is 0 Å². The van der Waals surface area contributed by atoms with Gasteiger partial charge in [-0.2, -0.15) is 0 Å². The number of nitrogens with zero attached hydrogens (tertiary/aromatic N) is 1. The Balaban J connectivity index is 2.23. The zero-order chi connectivity index (χ0) is 8.01. The minimum atomic E-state index is -0.628. The van der Waals surface area contributed by atoms with E-state index in [1.807, 2.05) is 0 Å². The summed E-state index contributed by atoms with van der Waals surface area (Å²) in [6, 6.07) is -0.530. The predicted octanol–water partition coefficient (Wildman–Crippen LogP) is -0.902. The molecule has 5 nitrogen and oxygen atoms in total. The van der Waals surface area contributed by atoms with Crippen molar-refractivity contribution in [3.63, 3.8) is 0 Å². The number of esters is 1. The molecule has 2 rings (SSSR count). The van der Waals surface area contributed by atoms with Gasteiger partial charge in [-0.25, -0.2) is 9.59 Å². The van der Waals surface area contributed by atoms with Gasteiger partial charge in [0, 0.05) is 6.42 Å². The topological polar surface area (TPSA) is 66.8 Å². The van der Waals surface area contributed by atoms with E-state index in [0.717, 1.165) is 0 Å². The molecule has 2 aliphatic heterocycles. The largest absolute Gasteiger partial charge is 0.418 e. The lowest BCUT2D eigenvalue weighted by atomic mass is 10.2. The molecule has 0 aliphatic carbocycles. The first kappa shape index (κ1) is 6.60. The number of ether oxygens (including phenoxy) is 1. The van der Waals surface area contributed by atoms with Gasteiger partial charge in [0.15, 0.2) is 0 Å². The Bertz CT molecular complexity index is 205. The van der Waals surface area contributed by atoms with Crippen LogP contribution in [-0.4, -0.2) is 40.8 Å². The van der Waals surface area contributed by atoms with Crippen molar-refractivity contribution in [2.45, 2.75) is 18.6 Å². The lowest BCUT2D eigenvalue weighted by Gasteiger charge is -2.06. The van der Waals surface area contributed by atoms with Crippen LogP contribution in [0.15, 0.2) is 0 Å². The molecule has 1 N–H and O–H groups in total. The second-order valence-corrected chi connectivity index (χ2v) is 2.74. The summed E-state index contributed by atoms with van der Waals surface area (Å²) in [5, 5.41) is 9.07. The lowest BCUT2D eigenvalue weighted by Crippen LogP contribution is -2.28. The highest BCUT2D eigenvalue weighted by molar-refractivity contribution is 5.96. The second kappa shape index (κ2) is 1.94. The maximum atomic E-state index is 10.8. The van der Waals surface area contributed by atoms with E-state index in [4.69, 9.17) is 5.11 Å². The number of aliphatic hydroxyl groups excluding tert-OH is 1. The van der Waals surface area contributed by atoms with Gasteiger partial charge in [0.1, 0.15) is 6.04 Å². The molecule has 1 amide bonds. The molecule has 2 fully saturated rings. The van der Waals surface area contributed by atoms with Crippen LogP contribution in [0.4, 0.5) is 4.79 Å². The first-order chi connectivity index (χ1) is 5.18. The fourth-order valence-electron chi connectivity index (χ4n) is 1.45. The van der Waals surface area contributed by atoms with Gasteiger partial charge in [0.05, 0.1) is 12.6 Å². The fourth-order valence-corrected chi connectivity index (χ4v) is 1.45. The molecule has 0 spiro atoms. The van der Waals surface area contributed by atoms with Crippen LogP contribution in [0.2, 0.25) is 0 Å². The molecule has 2 heterocycles. The van der Waals surface area contributed by atoms with Crippen molar-refractivity contribution in [1.82, 2.24) is 4.90 Å². The Labute approximate surface area is 62.5 Å². The van der Waals surface area contributed by atoms with Gasteiger partial charge >= 0.3 is 12.1 Å². The van der Waals surface area contributed by atoms with E-state index in [9.17, 15) is 9.59 Å². The van der Waals surface area contributed by atoms with Crippen LogP contribution in [-0.2, 0) is 9.53 Å².